The van der Waals surface area contributed by atoms with Crippen molar-refractivity contribution >= 4 is 11.9 Å². The SMILES string of the molecule is CCC[C@H]1COC(=O)C1C(=O)OCC. The van der Waals surface area contributed by atoms with Crippen molar-refractivity contribution in [3.05, 3.63) is 0 Å². The van der Waals surface area contributed by atoms with Crippen molar-refractivity contribution in [2.45, 2.75) is 26.7 Å². The summed E-state index contributed by atoms with van der Waals surface area (Å²) in [5.74, 6) is -1.54. The second-order valence-electron chi connectivity index (χ2n) is 3.41. The van der Waals surface area contributed by atoms with Crippen molar-refractivity contribution < 1.29 is 19.1 Å². The lowest BCUT2D eigenvalue weighted by atomic mass is 9.91. The molecule has 14 heavy (non-hydrogen) atoms. The highest BCUT2D eigenvalue weighted by Crippen LogP contribution is 2.27. The van der Waals surface area contributed by atoms with Gasteiger partial charge in [-0.15, -0.1) is 0 Å². The van der Waals surface area contributed by atoms with Crippen LogP contribution in [0.15, 0.2) is 0 Å². The van der Waals surface area contributed by atoms with Gasteiger partial charge >= 0.3 is 11.9 Å². The largest absolute Gasteiger partial charge is 0.465 e. The van der Waals surface area contributed by atoms with E-state index in [0.29, 0.717) is 13.2 Å². The van der Waals surface area contributed by atoms with Gasteiger partial charge in [0.2, 0.25) is 0 Å². The van der Waals surface area contributed by atoms with E-state index in [1.165, 1.54) is 0 Å². The molecule has 0 saturated carbocycles. The summed E-state index contributed by atoms with van der Waals surface area (Å²) in [6, 6.07) is 0. The summed E-state index contributed by atoms with van der Waals surface area (Å²) < 4.78 is 9.69. The fourth-order valence-electron chi connectivity index (χ4n) is 1.71. The minimum atomic E-state index is -0.685. The molecule has 0 aromatic carbocycles. The molecule has 1 aliphatic heterocycles. The molecular formula is C10H16O4. The molecule has 1 fully saturated rings. The van der Waals surface area contributed by atoms with E-state index in [1.807, 2.05) is 6.92 Å². The van der Waals surface area contributed by atoms with Crippen molar-refractivity contribution in [2.75, 3.05) is 13.2 Å². The molecule has 1 heterocycles. The molecule has 4 nitrogen and oxygen atoms in total. The normalized spacial score (nSPS) is 26.0. The highest BCUT2D eigenvalue weighted by atomic mass is 16.6. The third-order valence-electron chi connectivity index (χ3n) is 2.37. The molecule has 1 rings (SSSR count). The fraction of sp³-hybridized carbons (Fsp3) is 0.800. The van der Waals surface area contributed by atoms with E-state index in [9.17, 15) is 9.59 Å². The van der Waals surface area contributed by atoms with E-state index >= 15 is 0 Å². The molecule has 4 heteroatoms. The van der Waals surface area contributed by atoms with E-state index in [0.717, 1.165) is 12.8 Å². The Bertz CT molecular complexity index is 224. The summed E-state index contributed by atoms with van der Waals surface area (Å²) in [6.45, 7) is 4.41. The summed E-state index contributed by atoms with van der Waals surface area (Å²) in [5, 5.41) is 0. The summed E-state index contributed by atoms with van der Waals surface area (Å²) in [4.78, 5) is 22.7. The zero-order valence-corrected chi connectivity index (χ0v) is 8.62. The molecule has 0 radical (unpaired) electrons. The lowest BCUT2D eigenvalue weighted by molar-refractivity contribution is -0.156. The number of ether oxygens (including phenoxy) is 2. The van der Waals surface area contributed by atoms with Gasteiger partial charge in [0.05, 0.1) is 13.2 Å². The Hall–Kier alpha value is -1.06. The van der Waals surface area contributed by atoms with Gasteiger partial charge in [-0.2, -0.15) is 0 Å². The van der Waals surface area contributed by atoms with Gasteiger partial charge < -0.3 is 9.47 Å². The van der Waals surface area contributed by atoms with E-state index in [1.54, 1.807) is 6.92 Å². The van der Waals surface area contributed by atoms with E-state index in [2.05, 4.69) is 0 Å². The van der Waals surface area contributed by atoms with Crippen LogP contribution in [0, 0.1) is 11.8 Å². The third kappa shape index (κ3) is 2.25. The Morgan fingerprint density at radius 2 is 2.29 bits per heavy atom. The van der Waals surface area contributed by atoms with Crippen LogP contribution in [-0.2, 0) is 19.1 Å². The first-order valence-electron chi connectivity index (χ1n) is 5.04. The van der Waals surface area contributed by atoms with Crippen molar-refractivity contribution in [3.8, 4) is 0 Å². The molecule has 2 atom stereocenters. The summed E-state index contributed by atoms with van der Waals surface area (Å²) in [6.07, 6.45) is 1.77. The molecular weight excluding hydrogens is 184 g/mol. The first-order valence-corrected chi connectivity index (χ1v) is 5.04. The van der Waals surface area contributed by atoms with Crippen molar-refractivity contribution in [1.29, 1.82) is 0 Å². The summed E-state index contributed by atoms with van der Waals surface area (Å²) in [5.41, 5.74) is 0. The minimum absolute atomic E-state index is 0.00606. The maximum absolute atomic E-state index is 11.4. The summed E-state index contributed by atoms with van der Waals surface area (Å²) in [7, 11) is 0. The molecule has 0 aromatic heterocycles. The third-order valence-corrected chi connectivity index (χ3v) is 2.37. The Kier molecular flexibility index (Phi) is 3.92. The van der Waals surface area contributed by atoms with Gasteiger partial charge in [0.1, 0.15) is 0 Å². The monoisotopic (exact) mass is 200 g/mol. The highest BCUT2D eigenvalue weighted by Gasteiger charge is 2.42. The first kappa shape index (κ1) is 11.0. The predicted molar refractivity (Wildman–Crippen MR) is 49.5 cm³/mol. The topological polar surface area (TPSA) is 52.6 Å². The highest BCUT2D eigenvalue weighted by molar-refractivity contribution is 5.96. The second kappa shape index (κ2) is 4.98. The molecule has 0 aromatic rings. The quantitative estimate of drug-likeness (QED) is 0.504. The van der Waals surface area contributed by atoms with E-state index < -0.39 is 17.9 Å². The number of carbonyl (C=O) groups excluding carboxylic acids is 2. The zero-order chi connectivity index (χ0) is 10.6. The number of hydrogen-bond acceptors (Lipinski definition) is 4. The number of rotatable bonds is 4. The Balaban J connectivity index is 2.61. The Labute approximate surface area is 83.6 Å². The lowest BCUT2D eigenvalue weighted by Gasteiger charge is -2.12. The standard InChI is InChI=1S/C10H16O4/c1-3-5-7-6-14-10(12)8(7)9(11)13-4-2/h7-8H,3-6H2,1-2H3/t7-,8?/m0/s1. The molecule has 1 unspecified atom stereocenters. The van der Waals surface area contributed by atoms with Crippen molar-refractivity contribution in [1.82, 2.24) is 0 Å². The molecule has 0 aliphatic carbocycles. The van der Waals surface area contributed by atoms with Gasteiger partial charge in [0.25, 0.3) is 0 Å². The van der Waals surface area contributed by atoms with Crippen LogP contribution in [-0.4, -0.2) is 25.2 Å². The second-order valence-corrected chi connectivity index (χ2v) is 3.41. The van der Waals surface area contributed by atoms with Crippen LogP contribution < -0.4 is 0 Å². The maximum atomic E-state index is 11.4. The van der Waals surface area contributed by atoms with Crippen LogP contribution in [0.1, 0.15) is 26.7 Å². The fourth-order valence-corrected chi connectivity index (χ4v) is 1.71. The van der Waals surface area contributed by atoms with Gasteiger partial charge in [-0.3, -0.25) is 9.59 Å². The molecule has 0 amide bonds. The Morgan fingerprint density at radius 1 is 1.57 bits per heavy atom. The van der Waals surface area contributed by atoms with Crippen LogP contribution in [0.2, 0.25) is 0 Å². The van der Waals surface area contributed by atoms with Gasteiger partial charge in [0, 0.05) is 5.92 Å². The van der Waals surface area contributed by atoms with Gasteiger partial charge in [-0.05, 0) is 13.3 Å². The van der Waals surface area contributed by atoms with Crippen LogP contribution in [0.25, 0.3) is 0 Å². The molecule has 0 N–H and O–H groups in total. The average molecular weight is 200 g/mol. The van der Waals surface area contributed by atoms with Gasteiger partial charge in [-0.25, -0.2) is 0 Å². The molecule has 0 spiro atoms. The van der Waals surface area contributed by atoms with Crippen LogP contribution in [0.3, 0.4) is 0 Å². The molecule has 1 aliphatic rings. The number of hydrogen-bond donors (Lipinski definition) is 0. The van der Waals surface area contributed by atoms with Crippen LogP contribution >= 0.6 is 0 Å². The van der Waals surface area contributed by atoms with Crippen molar-refractivity contribution in [2.24, 2.45) is 11.8 Å². The first-order chi connectivity index (χ1) is 6.70. The molecule has 0 bridgehead atoms. The van der Waals surface area contributed by atoms with Crippen LogP contribution in [0.5, 0.6) is 0 Å². The predicted octanol–water partition coefficient (Wildman–Crippen LogP) is 1.14. The zero-order valence-electron chi connectivity index (χ0n) is 8.62. The number of esters is 2. The van der Waals surface area contributed by atoms with E-state index in [-0.39, 0.29) is 5.92 Å². The number of carbonyl (C=O) groups is 2. The van der Waals surface area contributed by atoms with Crippen LogP contribution in [0.4, 0.5) is 0 Å². The average Bonchev–Trinajstić information content (AvgIpc) is 2.48. The molecule has 80 valence electrons. The van der Waals surface area contributed by atoms with E-state index in [4.69, 9.17) is 9.47 Å². The minimum Gasteiger partial charge on any atom is -0.465 e. The van der Waals surface area contributed by atoms with Crippen molar-refractivity contribution in [3.63, 3.8) is 0 Å². The maximum Gasteiger partial charge on any atom is 0.320 e. The molecule has 1 saturated heterocycles. The Morgan fingerprint density at radius 3 is 2.86 bits per heavy atom. The van der Waals surface area contributed by atoms with Gasteiger partial charge in [-0.1, -0.05) is 13.3 Å². The van der Waals surface area contributed by atoms with Gasteiger partial charge in [0.15, 0.2) is 5.92 Å². The smallest absolute Gasteiger partial charge is 0.320 e. The number of cyclic esters (lactones) is 1. The summed E-state index contributed by atoms with van der Waals surface area (Å²) >= 11 is 0. The lowest BCUT2D eigenvalue weighted by Crippen LogP contribution is -2.27.